The molecule has 3 N–H and O–H groups in total. The molecule has 0 bridgehead atoms. The minimum absolute atomic E-state index is 0.0211. The van der Waals surface area contributed by atoms with Gasteiger partial charge in [-0.25, -0.2) is 0 Å². The molecule has 2 rings (SSSR count). The standard InChI is InChI=1S/C14H28N2O/c1-4-12-5-6-13(8-12,9-15)14(17)7-11(2)16(3)10-14/h11-12,17H,4-10,15H2,1-3H3. The fourth-order valence-electron chi connectivity index (χ4n) is 4.05. The summed E-state index contributed by atoms with van der Waals surface area (Å²) in [4.78, 5) is 2.27. The summed E-state index contributed by atoms with van der Waals surface area (Å²) >= 11 is 0. The van der Waals surface area contributed by atoms with Gasteiger partial charge in [-0.2, -0.15) is 0 Å². The third kappa shape index (κ3) is 2.02. The van der Waals surface area contributed by atoms with E-state index < -0.39 is 5.60 Å². The molecule has 1 aliphatic heterocycles. The molecule has 1 saturated carbocycles. The largest absolute Gasteiger partial charge is 0.388 e. The van der Waals surface area contributed by atoms with E-state index in [2.05, 4.69) is 25.8 Å². The molecule has 3 heteroatoms. The van der Waals surface area contributed by atoms with Gasteiger partial charge < -0.3 is 15.7 Å². The molecule has 2 aliphatic rings. The molecule has 17 heavy (non-hydrogen) atoms. The molecule has 100 valence electrons. The lowest BCUT2D eigenvalue weighted by molar-refractivity contribution is -0.0699. The number of nitrogens with two attached hydrogens (primary N) is 1. The van der Waals surface area contributed by atoms with Crippen molar-refractivity contribution < 1.29 is 5.11 Å². The van der Waals surface area contributed by atoms with Crippen LogP contribution in [0.5, 0.6) is 0 Å². The monoisotopic (exact) mass is 240 g/mol. The quantitative estimate of drug-likeness (QED) is 0.788. The van der Waals surface area contributed by atoms with Crippen LogP contribution in [0.25, 0.3) is 0 Å². The Balaban J connectivity index is 2.19. The second-order valence-corrected chi connectivity index (χ2v) is 6.50. The van der Waals surface area contributed by atoms with Gasteiger partial charge in [-0.05, 0) is 45.6 Å². The van der Waals surface area contributed by atoms with E-state index in [4.69, 9.17) is 5.73 Å². The fraction of sp³-hybridized carbons (Fsp3) is 1.00. The molecule has 1 heterocycles. The van der Waals surface area contributed by atoms with Gasteiger partial charge in [0.25, 0.3) is 0 Å². The first-order valence-electron chi connectivity index (χ1n) is 7.09. The smallest absolute Gasteiger partial charge is 0.0856 e. The van der Waals surface area contributed by atoms with Crippen LogP contribution in [-0.2, 0) is 0 Å². The van der Waals surface area contributed by atoms with Crippen LogP contribution < -0.4 is 5.73 Å². The van der Waals surface area contributed by atoms with Gasteiger partial charge in [0.15, 0.2) is 0 Å². The summed E-state index contributed by atoms with van der Waals surface area (Å²) in [5, 5.41) is 11.1. The van der Waals surface area contributed by atoms with Gasteiger partial charge >= 0.3 is 0 Å². The molecular formula is C14H28N2O. The van der Waals surface area contributed by atoms with Crippen LogP contribution >= 0.6 is 0 Å². The Morgan fingerprint density at radius 2 is 2.12 bits per heavy atom. The zero-order valence-electron chi connectivity index (χ0n) is 11.6. The second kappa shape index (κ2) is 4.52. The first kappa shape index (κ1) is 13.3. The van der Waals surface area contributed by atoms with Crippen LogP contribution in [0.1, 0.15) is 46.0 Å². The van der Waals surface area contributed by atoms with Crippen LogP contribution in [0.4, 0.5) is 0 Å². The minimum Gasteiger partial charge on any atom is -0.388 e. The van der Waals surface area contributed by atoms with Crippen molar-refractivity contribution in [1.29, 1.82) is 0 Å². The number of aliphatic hydroxyl groups is 1. The Hall–Kier alpha value is -0.120. The Morgan fingerprint density at radius 3 is 2.53 bits per heavy atom. The number of hydrogen-bond acceptors (Lipinski definition) is 3. The van der Waals surface area contributed by atoms with Gasteiger partial charge in [-0.1, -0.05) is 13.3 Å². The molecule has 1 saturated heterocycles. The van der Waals surface area contributed by atoms with E-state index in [1.807, 2.05) is 0 Å². The number of β-amino-alcohol motifs (C(OH)–C–C–N with tert-alkyl or cyclic N) is 1. The minimum atomic E-state index is -0.556. The Labute approximate surface area is 105 Å². The lowest BCUT2D eigenvalue weighted by atomic mass is 9.68. The summed E-state index contributed by atoms with van der Waals surface area (Å²) in [5.41, 5.74) is 5.49. The topological polar surface area (TPSA) is 49.5 Å². The summed E-state index contributed by atoms with van der Waals surface area (Å²) in [6.07, 6.45) is 5.59. The molecule has 0 aromatic rings. The third-order valence-corrected chi connectivity index (χ3v) is 5.56. The van der Waals surface area contributed by atoms with Gasteiger partial charge in [0.05, 0.1) is 5.60 Å². The predicted molar refractivity (Wildman–Crippen MR) is 70.8 cm³/mol. The molecule has 0 amide bonds. The van der Waals surface area contributed by atoms with Crippen LogP contribution in [0.15, 0.2) is 0 Å². The summed E-state index contributed by atoms with van der Waals surface area (Å²) in [5.74, 6) is 0.767. The first-order valence-corrected chi connectivity index (χ1v) is 7.09. The van der Waals surface area contributed by atoms with Crippen LogP contribution in [-0.4, -0.2) is 41.8 Å². The van der Waals surface area contributed by atoms with Crippen LogP contribution in [0, 0.1) is 11.3 Å². The van der Waals surface area contributed by atoms with Crippen molar-refractivity contribution in [2.24, 2.45) is 17.1 Å². The molecule has 0 spiro atoms. The maximum Gasteiger partial charge on any atom is 0.0856 e. The second-order valence-electron chi connectivity index (χ2n) is 6.50. The van der Waals surface area contributed by atoms with Crippen molar-refractivity contribution in [1.82, 2.24) is 4.90 Å². The molecule has 0 aromatic carbocycles. The number of nitrogens with zero attached hydrogens (tertiary/aromatic N) is 1. The van der Waals surface area contributed by atoms with E-state index in [9.17, 15) is 5.11 Å². The van der Waals surface area contributed by atoms with Crippen molar-refractivity contribution in [2.45, 2.75) is 57.6 Å². The van der Waals surface area contributed by atoms with Crippen LogP contribution in [0.3, 0.4) is 0 Å². The first-order chi connectivity index (χ1) is 7.96. The van der Waals surface area contributed by atoms with Gasteiger partial charge in [-0.3, -0.25) is 0 Å². The average Bonchev–Trinajstić information content (AvgIpc) is 2.83. The van der Waals surface area contributed by atoms with Crippen molar-refractivity contribution in [3.63, 3.8) is 0 Å². The van der Waals surface area contributed by atoms with Crippen molar-refractivity contribution in [3.05, 3.63) is 0 Å². The highest BCUT2D eigenvalue weighted by atomic mass is 16.3. The normalized spacial score (nSPS) is 47.8. The predicted octanol–water partition coefficient (Wildman–Crippen LogP) is 1.60. The fourth-order valence-corrected chi connectivity index (χ4v) is 4.05. The molecule has 4 atom stereocenters. The Bertz CT molecular complexity index is 271. The highest BCUT2D eigenvalue weighted by Crippen LogP contribution is 2.53. The van der Waals surface area contributed by atoms with E-state index in [0.717, 1.165) is 31.7 Å². The van der Waals surface area contributed by atoms with E-state index in [1.165, 1.54) is 12.8 Å². The average molecular weight is 240 g/mol. The molecular weight excluding hydrogens is 212 g/mol. The van der Waals surface area contributed by atoms with Gasteiger partial charge in [-0.15, -0.1) is 0 Å². The number of likely N-dealkylation sites (tertiary alicyclic amines) is 1. The zero-order valence-corrected chi connectivity index (χ0v) is 11.6. The number of likely N-dealkylation sites (N-methyl/N-ethyl adjacent to an activating group) is 1. The summed E-state index contributed by atoms with van der Waals surface area (Å²) in [7, 11) is 2.11. The van der Waals surface area contributed by atoms with Crippen molar-refractivity contribution in [3.8, 4) is 0 Å². The molecule has 2 fully saturated rings. The van der Waals surface area contributed by atoms with E-state index in [1.54, 1.807) is 0 Å². The number of hydrogen-bond donors (Lipinski definition) is 2. The number of rotatable bonds is 3. The molecule has 0 radical (unpaired) electrons. The van der Waals surface area contributed by atoms with Gasteiger partial charge in [0.2, 0.25) is 0 Å². The lowest BCUT2D eigenvalue weighted by Gasteiger charge is -2.42. The maximum absolute atomic E-state index is 11.1. The molecule has 1 aliphatic carbocycles. The summed E-state index contributed by atoms with van der Waals surface area (Å²) in [6.45, 7) is 5.89. The lowest BCUT2D eigenvalue weighted by Crippen LogP contribution is -2.52. The summed E-state index contributed by atoms with van der Waals surface area (Å²) < 4.78 is 0. The van der Waals surface area contributed by atoms with Gasteiger partial charge in [0.1, 0.15) is 0 Å². The molecule has 3 nitrogen and oxygen atoms in total. The highest BCUT2D eigenvalue weighted by molar-refractivity contribution is 5.09. The third-order valence-electron chi connectivity index (χ3n) is 5.56. The van der Waals surface area contributed by atoms with Crippen LogP contribution in [0.2, 0.25) is 0 Å². The molecule has 0 aromatic heterocycles. The van der Waals surface area contributed by atoms with E-state index in [0.29, 0.717) is 12.6 Å². The summed E-state index contributed by atoms with van der Waals surface area (Å²) in [6, 6.07) is 0.476. The maximum atomic E-state index is 11.1. The Kier molecular flexibility index (Phi) is 3.54. The highest BCUT2D eigenvalue weighted by Gasteiger charge is 2.56. The SMILES string of the molecule is CCC1CCC(CN)(C2(O)CC(C)N(C)C2)C1. The van der Waals surface area contributed by atoms with Crippen molar-refractivity contribution >= 4 is 0 Å². The van der Waals surface area contributed by atoms with Gasteiger partial charge in [0, 0.05) is 24.5 Å². The van der Waals surface area contributed by atoms with E-state index >= 15 is 0 Å². The van der Waals surface area contributed by atoms with E-state index in [-0.39, 0.29) is 5.41 Å². The zero-order chi connectivity index (χ0) is 12.7. The Morgan fingerprint density at radius 1 is 1.41 bits per heavy atom. The molecule has 4 unspecified atom stereocenters. The van der Waals surface area contributed by atoms with Crippen molar-refractivity contribution in [2.75, 3.05) is 20.1 Å².